The van der Waals surface area contributed by atoms with E-state index in [-0.39, 0.29) is 11.8 Å². The van der Waals surface area contributed by atoms with Crippen molar-refractivity contribution in [2.24, 2.45) is 5.92 Å². The van der Waals surface area contributed by atoms with Crippen LogP contribution in [-0.4, -0.2) is 29.8 Å². The second-order valence-electron chi connectivity index (χ2n) is 6.01. The van der Waals surface area contributed by atoms with Gasteiger partial charge in [-0.2, -0.15) is 0 Å². The predicted molar refractivity (Wildman–Crippen MR) is 93.0 cm³/mol. The number of amides is 2. The first-order valence-electron chi connectivity index (χ1n) is 7.87. The van der Waals surface area contributed by atoms with E-state index in [4.69, 9.17) is 0 Å². The van der Waals surface area contributed by atoms with Gasteiger partial charge in [0.25, 0.3) is 11.8 Å². The van der Waals surface area contributed by atoms with Crippen LogP contribution in [0.1, 0.15) is 39.8 Å². The number of rotatable bonds is 3. The van der Waals surface area contributed by atoms with Crippen LogP contribution in [0.3, 0.4) is 0 Å². The van der Waals surface area contributed by atoms with Crippen molar-refractivity contribution in [1.82, 2.24) is 4.90 Å². The smallest absolute Gasteiger partial charge is 0.265 e. The zero-order chi connectivity index (χ0) is 16.2. The van der Waals surface area contributed by atoms with Crippen LogP contribution in [0.15, 0.2) is 41.8 Å². The number of carbonyl (C=O) groups excluding carboxylic acids is 2. The number of nitrogens with zero attached hydrogens (tertiary/aromatic N) is 1. The van der Waals surface area contributed by atoms with Crippen molar-refractivity contribution in [3.63, 3.8) is 0 Å². The lowest BCUT2D eigenvalue weighted by molar-refractivity contribution is 0.0683. The molecule has 0 radical (unpaired) electrons. The van der Waals surface area contributed by atoms with Gasteiger partial charge in [-0.3, -0.25) is 9.59 Å². The molecule has 1 saturated heterocycles. The Morgan fingerprint density at radius 3 is 2.65 bits per heavy atom. The number of hydrogen-bond acceptors (Lipinski definition) is 3. The summed E-state index contributed by atoms with van der Waals surface area (Å²) in [5, 5.41) is 4.71. The Kier molecular flexibility index (Phi) is 4.76. The van der Waals surface area contributed by atoms with E-state index < -0.39 is 0 Å². The van der Waals surface area contributed by atoms with Gasteiger partial charge >= 0.3 is 0 Å². The van der Waals surface area contributed by atoms with Gasteiger partial charge in [-0.1, -0.05) is 13.0 Å². The second kappa shape index (κ2) is 6.96. The van der Waals surface area contributed by atoms with Crippen LogP contribution in [-0.2, 0) is 0 Å². The lowest BCUT2D eigenvalue weighted by atomic mass is 9.99. The Bertz CT molecular complexity index is 680. The minimum atomic E-state index is -0.121. The van der Waals surface area contributed by atoms with Crippen LogP contribution in [0.4, 0.5) is 5.69 Å². The number of piperidine rings is 1. The molecule has 120 valence electrons. The monoisotopic (exact) mass is 328 g/mol. The Balaban J connectivity index is 1.64. The maximum atomic E-state index is 12.5. The van der Waals surface area contributed by atoms with Crippen LogP contribution in [0, 0.1) is 5.92 Å². The van der Waals surface area contributed by atoms with E-state index in [2.05, 4.69) is 12.2 Å². The Hall–Kier alpha value is -2.14. The highest BCUT2D eigenvalue weighted by atomic mass is 32.1. The third kappa shape index (κ3) is 3.79. The highest BCUT2D eigenvalue weighted by Gasteiger charge is 2.21. The van der Waals surface area contributed by atoms with Gasteiger partial charge in [0.15, 0.2) is 0 Å². The van der Waals surface area contributed by atoms with E-state index in [1.165, 1.54) is 17.8 Å². The van der Waals surface area contributed by atoms with Gasteiger partial charge in [0.2, 0.25) is 0 Å². The van der Waals surface area contributed by atoms with Crippen molar-refractivity contribution in [3.8, 4) is 0 Å². The Morgan fingerprint density at radius 2 is 2.00 bits per heavy atom. The molecule has 1 atom stereocenters. The number of benzene rings is 1. The molecule has 1 aromatic carbocycles. The van der Waals surface area contributed by atoms with E-state index in [1.54, 1.807) is 30.3 Å². The van der Waals surface area contributed by atoms with Gasteiger partial charge in [0.05, 0.1) is 4.88 Å². The second-order valence-corrected chi connectivity index (χ2v) is 6.96. The average Bonchev–Trinajstić information content (AvgIpc) is 3.09. The average molecular weight is 328 g/mol. The van der Waals surface area contributed by atoms with Crippen molar-refractivity contribution in [2.45, 2.75) is 19.8 Å². The molecule has 1 aliphatic heterocycles. The normalized spacial score (nSPS) is 17.8. The molecule has 0 saturated carbocycles. The number of thiophene rings is 1. The molecular formula is C18H20N2O2S. The van der Waals surface area contributed by atoms with Crippen molar-refractivity contribution in [3.05, 3.63) is 52.2 Å². The van der Waals surface area contributed by atoms with Crippen LogP contribution in [0.5, 0.6) is 0 Å². The van der Waals surface area contributed by atoms with E-state index in [0.29, 0.717) is 22.0 Å². The van der Waals surface area contributed by atoms with Crippen LogP contribution in [0.2, 0.25) is 0 Å². The van der Waals surface area contributed by atoms with Gasteiger partial charge in [0.1, 0.15) is 0 Å². The first-order chi connectivity index (χ1) is 11.1. The fraction of sp³-hybridized carbons (Fsp3) is 0.333. The molecule has 1 N–H and O–H groups in total. The summed E-state index contributed by atoms with van der Waals surface area (Å²) in [7, 11) is 0. The molecule has 0 bridgehead atoms. The fourth-order valence-corrected chi connectivity index (χ4v) is 3.47. The van der Waals surface area contributed by atoms with Gasteiger partial charge in [-0.25, -0.2) is 0 Å². The van der Waals surface area contributed by atoms with Gasteiger partial charge in [-0.15, -0.1) is 11.3 Å². The molecule has 1 unspecified atom stereocenters. The molecule has 2 amide bonds. The molecule has 2 aromatic rings. The standard InChI is InChI=1S/C18H20N2O2S/c1-13-4-2-10-20(12-13)18(22)14-6-8-15(9-7-14)19-17(21)16-5-3-11-23-16/h3,5-9,11,13H,2,4,10,12H2,1H3,(H,19,21). The third-order valence-corrected chi connectivity index (χ3v) is 4.95. The van der Waals surface area contributed by atoms with Crippen molar-refractivity contribution >= 4 is 28.8 Å². The van der Waals surface area contributed by atoms with E-state index in [0.717, 1.165) is 19.5 Å². The molecule has 3 rings (SSSR count). The molecule has 1 fully saturated rings. The summed E-state index contributed by atoms with van der Waals surface area (Å²) in [6.07, 6.45) is 2.26. The van der Waals surface area contributed by atoms with E-state index in [1.807, 2.05) is 16.3 Å². The zero-order valence-corrected chi connectivity index (χ0v) is 13.9. The van der Waals surface area contributed by atoms with Crippen LogP contribution < -0.4 is 5.32 Å². The predicted octanol–water partition coefficient (Wildman–Crippen LogP) is 3.87. The van der Waals surface area contributed by atoms with Crippen LogP contribution in [0.25, 0.3) is 0 Å². The lowest BCUT2D eigenvalue weighted by Crippen LogP contribution is -2.39. The molecule has 0 spiro atoms. The highest BCUT2D eigenvalue weighted by molar-refractivity contribution is 7.12. The number of carbonyl (C=O) groups is 2. The van der Waals surface area contributed by atoms with Gasteiger partial charge in [0, 0.05) is 24.3 Å². The van der Waals surface area contributed by atoms with Gasteiger partial charge in [-0.05, 0) is 54.5 Å². The number of nitrogens with one attached hydrogen (secondary N) is 1. The number of likely N-dealkylation sites (tertiary alicyclic amines) is 1. The largest absolute Gasteiger partial charge is 0.338 e. The van der Waals surface area contributed by atoms with Gasteiger partial charge < -0.3 is 10.2 Å². The summed E-state index contributed by atoms with van der Waals surface area (Å²) in [4.78, 5) is 27.1. The molecular weight excluding hydrogens is 308 g/mol. The summed E-state index contributed by atoms with van der Waals surface area (Å²) < 4.78 is 0. The summed E-state index contributed by atoms with van der Waals surface area (Å²) in [6.45, 7) is 3.85. The number of hydrogen-bond donors (Lipinski definition) is 1. The Labute approximate surface area is 140 Å². The van der Waals surface area contributed by atoms with Crippen molar-refractivity contribution in [2.75, 3.05) is 18.4 Å². The summed E-state index contributed by atoms with van der Waals surface area (Å²) in [5.41, 5.74) is 1.38. The summed E-state index contributed by atoms with van der Waals surface area (Å²) in [5.74, 6) is 0.522. The molecule has 0 aliphatic carbocycles. The first-order valence-corrected chi connectivity index (χ1v) is 8.75. The lowest BCUT2D eigenvalue weighted by Gasteiger charge is -2.31. The van der Waals surface area contributed by atoms with Crippen LogP contribution >= 0.6 is 11.3 Å². The maximum Gasteiger partial charge on any atom is 0.265 e. The molecule has 2 heterocycles. The quantitative estimate of drug-likeness (QED) is 0.930. The van der Waals surface area contributed by atoms with E-state index in [9.17, 15) is 9.59 Å². The van der Waals surface area contributed by atoms with E-state index >= 15 is 0 Å². The zero-order valence-electron chi connectivity index (χ0n) is 13.1. The number of anilines is 1. The molecule has 23 heavy (non-hydrogen) atoms. The molecule has 1 aliphatic rings. The highest BCUT2D eigenvalue weighted by Crippen LogP contribution is 2.19. The SMILES string of the molecule is CC1CCCN(C(=O)c2ccc(NC(=O)c3cccs3)cc2)C1. The maximum absolute atomic E-state index is 12.5. The summed E-state index contributed by atoms with van der Waals surface area (Å²) >= 11 is 1.40. The first kappa shape index (κ1) is 15.7. The fourth-order valence-electron chi connectivity index (χ4n) is 2.85. The summed E-state index contributed by atoms with van der Waals surface area (Å²) in [6, 6.07) is 10.8. The molecule has 4 nitrogen and oxygen atoms in total. The van der Waals surface area contributed by atoms with Crippen molar-refractivity contribution in [1.29, 1.82) is 0 Å². The topological polar surface area (TPSA) is 49.4 Å². The minimum Gasteiger partial charge on any atom is -0.338 e. The van der Waals surface area contributed by atoms with Crippen molar-refractivity contribution < 1.29 is 9.59 Å². The third-order valence-electron chi connectivity index (χ3n) is 4.08. The molecule has 5 heteroatoms. The molecule has 1 aromatic heterocycles. The Morgan fingerprint density at radius 1 is 1.22 bits per heavy atom. The minimum absolute atomic E-state index is 0.0766.